The summed E-state index contributed by atoms with van der Waals surface area (Å²) in [7, 11) is 0. The lowest BCUT2D eigenvalue weighted by Crippen LogP contribution is -2.45. The van der Waals surface area contributed by atoms with E-state index in [4.69, 9.17) is 21.1 Å². The van der Waals surface area contributed by atoms with Crippen LogP contribution in [0.1, 0.15) is 57.8 Å². The Morgan fingerprint density at radius 1 is 1.12 bits per heavy atom. The Kier molecular flexibility index (Phi) is 8.72. The fourth-order valence-corrected chi connectivity index (χ4v) is 4.93. The number of carbonyl (C=O) groups is 2. The lowest BCUT2D eigenvalue weighted by Gasteiger charge is -2.37. The van der Waals surface area contributed by atoms with Gasteiger partial charge >= 0.3 is 12.1 Å². The van der Waals surface area contributed by atoms with E-state index in [0.29, 0.717) is 37.7 Å². The van der Waals surface area contributed by atoms with Crippen molar-refractivity contribution in [2.24, 2.45) is 10.9 Å². The minimum atomic E-state index is -1.10. The molecule has 8 nitrogen and oxygen atoms in total. The summed E-state index contributed by atoms with van der Waals surface area (Å²) in [5.74, 6) is -3.47. The van der Waals surface area contributed by atoms with Gasteiger partial charge in [-0.1, -0.05) is 17.7 Å². The van der Waals surface area contributed by atoms with E-state index in [1.807, 2.05) is 0 Å². The average molecular weight is 579 g/mol. The first kappa shape index (κ1) is 29.4. The number of rotatable bonds is 5. The summed E-state index contributed by atoms with van der Waals surface area (Å²) in [4.78, 5) is 36.0. The molecule has 0 aliphatic carbocycles. The summed E-state index contributed by atoms with van der Waals surface area (Å²) in [6, 6.07) is 3.23. The molecule has 4 rings (SSSR count). The van der Waals surface area contributed by atoms with E-state index in [1.54, 1.807) is 32.6 Å². The van der Waals surface area contributed by atoms with Crippen molar-refractivity contribution in [2.75, 3.05) is 19.7 Å². The third-order valence-corrected chi connectivity index (χ3v) is 6.74. The van der Waals surface area contributed by atoms with Crippen LogP contribution in [0.15, 0.2) is 46.7 Å². The number of ether oxygens (including phenoxy) is 2. The van der Waals surface area contributed by atoms with Gasteiger partial charge in [0.05, 0.1) is 18.4 Å². The molecule has 1 fully saturated rings. The number of esters is 1. The number of benzene rings is 1. The van der Waals surface area contributed by atoms with Crippen LogP contribution in [0.3, 0.4) is 0 Å². The fourth-order valence-electron chi connectivity index (χ4n) is 4.66. The molecule has 1 saturated heterocycles. The Balaban J connectivity index is 1.78. The first-order valence-electron chi connectivity index (χ1n) is 12.9. The number of carbonyl (C=O) groups excluding carboxylic acids is 2. The van der Waals surface area contributed by atoms with E-state index >= 15 is 0 Å². The largest absolute Gasteiger partial charge is 0.463 e. The molecule has 0 radical (unpaired) electrons. The number of hydrogen-bond acceptors (Lipinski definition) is 7. The third-order valence-electron chi connectivity index (χ3n) is 6.41. The average Bonchev–Trinajstić information content (AvgIpc) is 2.87. The van der Waals surface area contributed by atoms with E-state index in [9.17, 15) is 22.8 Å². The molecule has 1 aromatic carbocycles. The van der Waals surface area contributed by atoms with E-state index in [-0.39, 0.29) is 40.2 Å². The quantitative estimate of drug-likeness (QED) is 0.457. The summed E-state index contributed by atoms with van der Waals surface area (Å²) in [6.07, 6.45) is 1.27. The highest BCUT2D eigenvalue weighted by Crippen LogP contribution is 2.40. The van der Waals surface area contributed by atoms with Crippen LogP contribution in [0.4, 0.5) is 18.0 Å². The molecule has 12 heteroatoms. The van der Waals surface area contributed by atoms with Gasteiger partial charge < -0.3 is 19.7 Å². The van der Waals surface area contributed by atoms with Crippen molar-refractivity contribution in [1.29, 1.82) is 0 Å². The molecule has 1 atom stereocenters. The Morgan fingerprint density at radius 3 is 2.42 bits per heavy atom. The van der Waals surface area contributed by atoms with Gasteiger partial charge in [-0.2, -0.15) is 0 Å². The monoisotopic (exact) mass is 578 g/mol. The van der Waals surface area contributed by atoms with Gasteiger partial charge in [-0.25, -0.2) is 27.7 Å². The Hall–Kier alpha value is -3.60. The summed E-state index contributed by atoms with van der Waals surface area (Å²) in [5, 5.41) is 3.06. The van der Waals surface area contributed by atoms with E-state index in [1.165, 1.54) is 12.1 Å². The number of nitrogens with one attached hydrogen (secondary N) is 1. The number of aliphatic imine (C=N–C) groups is 1. The smallest absolute Gasteiger partial charge is 0.410 e. The number of hydrogen-bond donors (Lipinski definition) is 1. The van der Waals surface area contributed by atoms with Crippen LogP contribution < -0.4 is 5.32 Å². The lowest BCUT2D eigenvalue weighted by molar-refractivity contribution is -0.139. The van der Waals surface area contributed by atoms with Crippen LogP contribution >= 0.6 is 11.6 Å². The minimum Gasteiger partial charge on any atom is -0.463 e. The number of amides is 1. The summed E-state index contributed by atoms with van der Waals surface area (Å²) in [6.45, 7) is 7.73. The zero-order valence-electron chi connectivity index (χ0n) is 22.6. The molecule has 0 saturated carbocycles. The molecule has 2 aliphatic heterocycles. The number of pyridine rings is 1. The van der Waals surface area contributed by atoms with Crippen LogP contribution in [0, 0.1) is 23.4 Å². The number of piperidine rings is 1. The number of nitrogens with zero attached hydrogens (tertiary/aromatic N) is 3. The number of amidine groups is 1. The second-order valence-electron chi connectivity index (χ2n) is 10.4. The second kappa shape index (κ2) is 11.9. The molecule has 40 heavy (non-hydrogen) atoms. The molecule has 0 spiro atoms. The first-order valence-corrected chi connectivity index (χ1v) is 13.3. The van der Waals surface area contributed by atoms with Crippen LogP contribution in [-0.2, 0) is 14.3 Å². The molecule has 1 N–H and O–H groups in total. The fraction of sp³-hybridized carbons (Fsp3) is 0.429. The van der Waals surface area contributed by atoms with Gasteiger partial charge in [0.15, 0.2) is 11.7 Å². The molecule has 3 heterocycles. The third kappa shape index (κ3) is 6.57. The van der Waals surface area contributed by atoms with Crippen molar-refractivity contribution in [3.63, 3.8) is 0 Å². The zero-order valence-corrected chi connectivity index (χ0v) is 23.3. The van der Waals surface area contributed by atoms with Crippen molar-refractivity contribution in [3.8, 4) is 0 Å². The maximum Gasteiger partial charge on any atom is 0.410 e. The highest BCUT2D eigenvalue weighted by molar-refractivity contribution is 6.31. The molecule has 2 aliphatic rings. The van der Waals surface area contributed by atoms with E-state index in [0.717, 1.165) is 12.3 Å². The minimum absolute atomic E-state index is 0.00318. The van der Waals surface area contributed by atoms with Gasteiger partial charge in [-0.3, -0.25) is 4.99 Å². The predicted octanol–water partition coefficient (Wildman–Crippen LogP) is 5.71. The normalized spacial score (nSPS) is 18.2. The van der Waals surface area contributed by atoms with Crippen molar-refractivity contribution in [3.05, 3.63) is 75.5 Å². The topological polar surface area (TPSA) is 93.1 Å². The van der Waals surface area contributed by atoms with E-state index in [2.05, 4.69) is 15.3 Å². The number of halogens is 4. The summed E-state index contributed by atoms with van der Waals surface area (Å²) in [5.41, 5.74) is -0.120. The van der Waals surface area contributed by atoms with Crippen LogP contribution in [0.2, 0.25) is 5.02 Å². The predicted molar refractivity (Wildman–Crippen MR) is 142 cm³/mol. The van der Waals surface area contributed by atoms with Gasteiger partial charge in [-0.05, 0) is 52.7 Å². The standard InChI is InChI=1S/C28H30ClF3N4O4/c1-5-39-26(37)21-22(15-8-10-36(11-9-15)27(38)40-28(2,3)4)34-25(24-20(32)13-17(31)14-33-24)35-23(21)18-7-6-16(30)12-19(18)29/h6-7,12-15,23H,5,8-11H2,1-4H3,(H,34,35). The number of allylic oxidation sites excluding steroid dienone is 1. The SMILES string of the molecule is CCOC(=O)C1=C(C2CCN(C(=O)OC(C)(C)C)CC2)NC(c2ncc(F)cc2F)=NC1c1ccc(F)cc1Cl. The van der Waals surface area contributed by atoms with Gasteiger partial charge in [0, 0.05) is 41.4 Å². The van der Waals surface area contributed by atoms with Crippen molar-refractivity contribution >= 4 is 29.5 Å². The zero-order chi connectivity index (χ0) is 29.2. The van der Waals surface area contributed by atoms with Crippen molar-refractivity contribution < 1.29 is 32.2 Å². The van der Waals surface area contributed by atoms with Crippen LogP contribution in [0.25, 0.3) is 0 Å². The first-order chi connectivity index (χ1) is 18.9. The maximum atomic E-state index is 14.9. The van der Waals surface area contributed by atoms with Crippen LogP contribution in [-0.4, -0.2) is 53.1 Å². The van der Waals surface area contributed by atoms with Gasteiger partial charge in [-0.15, -0.1) is 0 Å². The number of aromatic nitrogens is 1. The highest BCUT2D eigenvalue weighted by atomic mass is 35.5. The molecular weight excluding hydrogens is 549 g/mol. The maximum absolute atomic E-state index is 14.9. The molecule has 2 aromatic rings. The molecule has 0 bridgehead atoms. The molecule has 1 amide bonds. The lowest BCUT2D eigenvalue weighted by atomic mass is 9.85. The molecule has 1 aromatic heterocycles. The summed E-state index contributed by atoms with van der Waals surface area (Å²) >= 11 is 6.39. The Morgan fingerprint density at radius 2 is 1.82 bits per heavy atom. The number of likely N-dealkylation sites (tertiary alicyclic amines) is 1. The van der Waals surface area contributed by atoms with Gasteiger partial charge in [0.1, 0.15) is 29.0 Å². The van der Waals surface area contributed by atoms with Crippen molar-refractivity contribution in [1.82, 2.24) is 15.2 Å². The van der Waals surface area contributed by atoms with E-state index < -0.39 is 41.2 Å². The van der Waals surface area contributed by atoms with Gasteiger partial charge in [0.2, 0.25) is 0 Å². The second-order valence-corrected chi connectivity index (χ2v) is 10.9. The molecule has 214 valence electrons. The summed E-state index contributed by atoms with van der Waals surface area (Å²) < 4.78 is 53.3. The Bertz CT molecular complexity index is 1370. The van der Waals surface area contributed by atoms with Crippen molar-refractivity contribution in [2.45, 2.75) is 52.2 Å². The molecule has 1 unspecified atom stereocenters. The van der Waals surface area contributed by atoms with Gasteiger partial charge in [0.25, 0.3) is 0 Å². The highest BCUT2D eigenvalue weighted by Gasteiger charge is 2.39. The van der Waals surface area contributed by atoms with Crippen LogP contribution in [0.5, 0.6) is 0 Å². The Labute approximate surface area is 235 Å². The molecular formula is C28H30ClF3N4O4.